The van der Waals surface area contributed by atoms with E-state index >= 15 is 0 Å². The van der Waals surface area contributed by atoms with Crippen molar-refractivity contribution in [2.75, 3.05) is 13.2 Å². The van der Waals surface area contributed by atoms with Crippen molar-refractivity contribution >= 4 is 0 Å². The van der Waals surface area contributed by atoms with Crippen molar-refractivity contribution < 1.29 is 84.2 Å². The van der Waals surface area contributed by atoms with Gasteiger partial charge in [-0.05, 0) is 98.7 Å². The van der Waals surface area contributed by atoms with Gasteiger partial charge >= 0.3 is 0 Å². The quantitative estimate of drug-likeness (QED) is 0.112. The van der Waals surface area contributed by atoms with Gasteiger partial charge in [-0.25, -0.2) is 0 Å². The number of aliphatic hydroxyl groups is 10. The Balaban J connectivity index is 0.982. The average molecular weight is 888 g/mol. The van der Waals surface area contributed by atoms with E-state index in [1.165, 1.54) is 12.5 Å². The fourth-order valence-electron chi connectivity index (χ4n) is 13.3. The van der Waals surface area contributed by atoms with Gasteiger partial charge in [-0.15, -0.1) is 0 Å². The molecule has 4 aliphatic heterocycles. The molecular weight excluding hydrogens is 814 g/mol. The van der Waals surface area contributed by atoms with Gasteiger partial charge in [0.25, 0.3) is 0 Å². The first-order valence-electron chi connectivity index (χ1n) is 23.0. The first kappa shape index (κ1) is 47.5. The Bertz CT molecular complexity index is 1590. The molecule has 0 bridgehead atoms. The molecular formula is C44H73NO17. The van der Waals surface area contributed by atoms with Gasteiger partial charge in [-0.3, -0.25) is 0 Å². The van der Waals surface area contributed by atoms with E-state index in [2.05, 4.69) is 26.8 Å². The van der Waals surface area contributed by atoms with Crippen LogP contribution in [0.5, 0.6) is 0 Å². The summed E-state index contributed by atoms with van der Waals surface area (Å²) in [6, 6.07) is 0. The average Bonchev–Trinajstić information content (AvgIpc) is 3.68. The predicted molar refractivity (Wildman–Crippen MR) is 215 cm³/mol. The maximum absolute atomic E-state index is 12.0. The molecule has 356 valence electrons. The minimum atomic E-state index is -1.80. The number of rotatable bonds is 11. The third-order valence-corrected chi connectivity index (χ3v) is 17.2. The van der Waals surface area contributed by atoms with Crippen LogP contribution in [0.2, 0.25) is 0 Å². The fraction of sp³-hybridized carbons (Fsp3) is 0.955. The predicted octanol–water partition coefficient (Wildman–Crippen LogP) is -0.908. The molecule has 0 aromatic carbocycles. The summed E-state index contributed by atoms with van der Waals surface area (Å²) in [6.45, 7) is 9.82. The minimum Gasteiger partial charge on any atom is -0.396 e. The molecule has 4 heterocycles. The van der Waals surface area contributed by atoms with Gasteiger partial charge in [0, 0.05) is 18.9 Å². The standard InChI is InChI=1S/C44H73NO17/c1-18(16-46)8-13-44(55)19(2)28-26(62-44)15-25-23-7-6-21-14-22(9-11-42(21,4)24(23)10-12-43(25,28)5)57-41-37(60-39-33(52)30(49)29(48)20(3)56-39)35(54)36(27(17-47)58-41)59-40-34(53)31(50)32(51)38(45)61-40/h6,18-20,22-41,46-55H,7-17,45H2,1-5H3/t18-,19+,20?,22?,23-,24+,25+,26?,27?,28?,29+,30?,31?,32-,33?,34?,35?,36-,37?,38?,39+,40-,41-,42+,43+,44?/m1/s1. The number of ether oxygens (including phenoxy) is 7. The summed E-state index contributed by atoms with van der Waals surface area (Å²) in [6.07, 6.45) is -13.8. The molecule has 12 N–H and O–H groups in total. The van der Waals surface area contributed by atoms with Crippen molar-refractivity contribution in [3.05, 3.63) is 11.6 Å². The van der Waals surface area contributed by atoms with Crippen molar-refractivity contribution in [3.8, 4) is 0 Å². The molecule has 18 nitrogen and oxygen atoms in total. The van der Waals surface area contributed by atoms with Crippen molar-refractivity contribution in [2.45, 2.75) is 203 Å². The summed E-state index contributed by atoms with van der Waals surface area (Å²) in [5.74, 6) is 0.528. The normalized spacial score (nSPS) is 55.7. The number of nitrogens with two attached hydrogens (primary N) is 1. The fourth-order valence-corrected chi connectivity index (χ4v) is 13.3. The molecule has 0 amide bonds. The molecule has 8 rings (SSSR count). The number of hydrogen-bond acceptors (Lipinski definition) is 18. The maximum Gasteiger partial charge on any atom is 0.188 e. The lowest BCUT2D eigenvalue weighted by Crippen LogP contribution is -2.67. The zero-order chi connectivity index (χ0) is 44.8. The number of hydrogen-bond donors (Lipinski definition) is 11. The summed E-state index contributed by atoms with van der Waals surface area (Å²) < 4.78 is 42.7. The van der Waals surface area contributed by atoms with Gasteiger partial charge in [0.15, 0.2) is 24.7 Å². The van der Waals surface area contributed by atoms with Crippen molar-refractivity contribution in [1.82, 2.24) is 0 Å². The highest BCUT2D eigenvalue weighted by molar-refractivity contribution is 5.26. The van der Waals surface area contributed by atoms with Crippen molar-refractivity contribution in [3.63, 3.8) is 0 Å². The minimum absolute atomic E-state index is 0.00162. The van der Waals surface area contributed by atoms with E-state index < -0.39 is 111 Å². The van der Waals surface area contributed by atoms with E-state index in [0.29, 0.717) is 43.4 Å². The maximum atomic E-state index is 12.0. The second kappa shape index (κ2) is 17.9. The third kappa shape index (κ3) is 8.06. The Labute approximate surface area is 363 Å². The highest BCUT2D eigenvalue weighted by Crippen LogP contribution is 2.70. The van der Waals surface area contributed by atoms with Crippen LogP contribution in [-0.4, -0.2) is 175 Å². The van der Waals surface area contributed by atoms with Gasteiger partial charge in [0.05, 0.1) is 24.9 Å². The Morgan fingerprint density at radius 3 is 2.16 bits per heavy atom. The molecule has 0 aromatic heterocycles. The van der Waals surface area contributed by atoms with E-state index in [9.17, 15) is 51.1 Å². The smallest absolute Gasteiger partial charge is 0.188 e. The van der Waals surface area contributed by atoms with E-state index in [1.807, 2.05) is 6.92 Å². The molecule has 0 radical (unpaired) electrons. The van der Waals surface area contributed by atoms with Crippen molar-refractivity contribution in [2.24, 2.45) is 52.1 Å². The van der Waals surface area contributed by atoms with Gasteiger partial charge in [0.1, 0.15) is 67.3 Å². The summed E-state index contributed by atoms with van der Waals surface area (Å²) >= 11 is 0. The van der Waals surface area contributed by atoms with Crippen LogP contribution in [0.1, 0.15) is 92.4 Å². The second-order valence-corrected chi connectivity index (χ2v) is 20.7. The van der Waals surface area contributed by atoms with E-state index in [4.69, 9.17) is 38.9 Å². The van der Waals surface area contributed by atoms with Gasteiger partial charge in [0.2, 0.25) is 0 Å². The van der Waals surface area contributed by atoms with E-state index in [1.54, 1.807) is 0 Å². The highest BCUT2D eigenvalue weighted by Gasteiger charge is 2.68. The van der Waals surface area contributed by atoms with Crippen molar-refractivity contribution in [1.29, 1.82) is 0 Å². The SMILES string of the molecule is CC1O[C@@H](OC2C(O)[C@H](O[C@@H]3OC(N)[C@H](O)C(O)C3O)C(CO)O[C@H]2OC2CC[C@@]3(C)C(=CC[C@@H]4[C@@H]3CC[C@]3(C)C5C(C[C@@H]43)OC(O)(CC[C@@H](C)CO)[C@H]5C)C2)C(O)C(O)[C@H]1O. The Morgan fingerprint density at radius 2 is 1.47 bits per heavy atom. The van der Waals surface area contributed by atoms with Crippen LogP contribution in [-0.2, 0) is 33.2 Å². The Morgan fingerprint density at radius 1 is 0.790 bits per heavy atom. The zero-order valence-corrected chi connectivity index (χ0v) is 36.5. The molecule has 8 aliphatic rings. The Kier molecular flexibility index (Phi) is 13.7. The van der Waals surface area contributed by atoms with Crippen LogP contribution in [0.3, 0.4) is 0 Å². The van der Waals surface area contributed by atoms with E-state index in [-0.39, 0.29) is 41.3 Å². The van der Waals surface area contributed by atoms with Gasteiger partial charge in [-0.2, -0.15) is 0 Å². The largest absolute Gasteiger partial charge is 0.396 e. The van der Waals surface area contributed by atoms with Crippen LogP contribution in [0, 0.1) is 46.3 Å². The van der Waals surface area contributed by atoms with Gasteiger partial charge < -0.3 is 90.0 Å². The number of fused-ring (bicyclic) bond motifs is 7. The molecule has 4 saturated heterocycles. The topological polar surface area (TPSA) is 293 Å². The number of aliphatic hydroxyl groups excluding tert-OH is 9. The lowest BCUT2D eigenvalue weighted by Gasteiger charge is -2.58. The summed E-state index contributed by atoms with van der Waals surface area (Å²) in [7, 11) is 0. The van der Waals surface area contributed by atoms with Crippen LogP contribution >= 0.6 is 0 Å². The van der Waals surface area contributed by atoms with E-state index in [0.717, 1.165) is 32.1 Å². The molecule has 62 heavy (non-hydrogen) atoms. The molecule has 0 spiro atoms. The second-order valence-electron chi connectivity index (χ2n) is 20.7. The number of allylic oxidation sites excluding steroid dienone is 1. The molecule has 0 aromatic rings. The van der Waals surface area contributed by atoms with Gasteiger partial charge in [-0.1, -0.05) is 39.3 Å². The van der Waals surface area contributed by atoms with Crippen LogP contribution < -0.4 is 5.73 Å². The van der Waals surface area contributed by atoms with Crippen LogP contribution in [0.4, 0.5) is 0 Å². The molecule has 3 saturated carbocycles. The van der Waals surface area contributed by atoms with Crippen LogP contribution in [0.15, 0.2) is 11.6 Å². The zero-order valence-electron chi connectivity index (χ0n) is 36.5. The molecule has 4 aliphatic carbocycles. The first-order valence-corrected chi connectivity index (χ1v) is 23.0. The first-order chi connectivity index (χ1) is 29.3. The highest BCUT2D eigenvalue weighted by atomic mass is 16.8. The monoisotopic (exact) mass is 887 g/mol. The molecule has 7 fully saturated rings. The Hall–Kier alpha value is -0.980. The summed E-state index contributed by atoms with van der Waals surface area (Å²) in [5.41, 5.74) is 7.05. The summed E-state index contributed by atoms with van der Waals surface area (Å²) in [5, 5.41) is 107. The lowest BCUT2D eigenvalue weighted by molar-refractivity contribution is -0.389. The molecule has 26 atom stereocenters. The third-order valence-electron chi connectivity index (χ3n) is 17.2. The molecule has 13 unspecified atom stereocenters. The summed E-state index contributed by atoms with van der Waals surface area (Å²) in [4.78, 5) is 0. The molecule has 18 heteroatoms. The lowest BCUT2D eigenvalue weighted by atomic mass is 9.47. The van der Waals surface area contributed by atoms with Crippen LogP contribution in [0.25, 0.3) is 0 Å².